The van der Waals surface area contributed by atoms with Gasteiger partial charge in [0.05, 0.1) is 16.2 Å². The summed E-state index contributed by atoms with van der Waals surface area (Å²) in [5.41, 5.74) is 3.58. The van der Waals surface area contributed by atoms with E-state index in [1.807, 2.05) is 36.4 Å². The van der Waals surface area contributed by atoms with Crippen molar-refractivity contribution < 1.29 is 5.11 Å². The molecular formula is C24H23ClN4O. The standard InChI is InChI=1S/C24H23ClN4O/c1-15(16-7-5-4-6-8-16)29-22-19-11-17(9-10-21(19)26-14-20(22)25)18-12-27-23(28-13-18)24(2,3)30/h4-15,30H,1-3H3,(H,26,29)/t15-/m1/s1. The summed E-state index contributed by atoms with van der Waals surface area (Å²) in [5.74, 6) is 0.385. The number of nitrogens with one attached hydrogen (secondary N) is 1. The highest BCUT2D eigenvalue weighted by molar-refractivity contribution is 6.34. The van der Waals surface area contributed by atoms with Crippen molar-refractivity contribution in [1.82, 2.24) is 15.0 Å². The molecule has 0 amide bonds. The van der Waals surface area contributed by atoms with Gasteiger partial charge < -0.3 is 10.4 Å². The van der Waals surface area contributed by atoms with Crippen molar-refractivity contribution >= 4 is 28.2 Å². The fourth-order valence-corrected chi connectivity index (χ4v) is 3.53. The Balaban J connectivity index is 1.74. The Morgan fingerprint density at radius 1 is 0.933 bits per heavy atom. The lowest BCUT2D eigenvalue weighted by Gasteiger charge is -2.19. The molecule has 30 heavy (non-hydrogen) atoms. The van der Waals surface area contributed by atoms with Gasteiger partial charge in [-0.3, -0.25) is 4.98 Å². The summed E-state index contributed by atoms with van der Waals surface area (Å²) >= 11 is 6.53. The molecule has 2 aromatic heterocycles. The first-order valence-corrected chi connectivity index (χ1v) is 10.2. The lowest BCUT2D eigenvalue weighted by molar-refractivity contribution is 0.0687. The van der Waals surface area contributed by atoms with Crippen LogP contribution in [-0.2, 0) is 5.60 Å². The van der Waals surface area contributed by atoms with E-state index in [1.165, 1.54) is 5.56 Å². The van der Waals surface area contributed by atoms with Crippen LogP contribution in [0.1, 0.15) is 38.2 Å². The van der Waals surface area contributed by atoms with E-state index in [9.17, 15) is 5.11 Å². The highest BCUT2D eigenvalue weighted by Crippen LogP contribution is 2.35. The molecule has 5 nitrogen and oxygen atoms in total. The number of pyridine rings is 1. The number of halogens is 1. The van der Waals surface area contributed by atoms with Crippen LogP contribution in [0.5, 0.6) is 0 Å². The first-order valence-electron chi connectivity index (χ1n) is 9.78. The lowest BCUT2D eigenvalue weighted by atomic mass is 10.0. The molecule has 0 bridgehead atoms. The van der Waals surface area contributed by atoms with Gasteiger partial charge in [-0.05, 0) is 44.0 Å². The average Bonchev–Trinajstić information content (AvgIpc) is 2.75. The van der Waals surface area contributed by atoms with E-state index in [0.29, 0.717) is 10.8 Å². The van der Waals surface area contributed by atoms with Gasteiger partial charge in [0.1, 0.15) is 5.60 Å². The van der Waals surface area contributed by atoms with Gasteiger partial charge in [0.2, 0.25) is 0 Å². The maximum absolute atomic E-state index is 10.1. The Bertz CT molecular complexity index is 1170. The van der Waals surface area contributed by atoms with Crippen molar-refractivity contribution in [3.8, 4) is 11.1 Å². The topological polar surface area (TPSA) is 70.9 Å². The molecule has 4 rings (SSSR count). The molecule has 0 saturated heterocycles. The number of aliphatic hydroxyl groups is 1. The molecule has 0 fully saturated rings. The summed E-state index contributed by atoms with van der Waals surface area (Å²) in [4.78, 5) is 13.1. The van der Waals surface area contributed by atoms with E-state index in [1.54, 1.807) is 32.4 Å². The molecule has 0 saturated carbocycles. The van der Waals surface area contributed by atoms with Gasteiger partial charge in [-0.2, -0.15) is 0 Å². The van der Waals surface area contributed by atoms with Crippen molar-refractivity contribution in [3.63, 3.8) is 0 Å². The predicted octanol–water partition coefficient (Wildman–Crippen LogP) is 5.75. The molecule has 0 spiro atoms. The van der Waals surface area contributed by atoms with Crippen molar-refractivity contribution in [2.45, 2.75) is 32.4 Å². The molecule has 0 unspecified atom stereocenters. The van der Waals surface area contributed by atoms with E-state index < -0.39 is 5.60 Å². The van der Waals surface area contributed by atoms with Crippen LogP contribution in [0.4, 0.5) is 5.69 Å². The second-order valence-electron chi connectivity index (χ2n) is 7.84. The molecule has 0 aliphatic heterocycles. The number of hydrogen-bond donors (Lipinski definition) is 2. The first-order chi connectivity index (χ1) is 14.3. The van der Waals surface area contributed by atoms with Crippen LogP contribution in [-0.4, -0.2) is 20.1 Å². The molecule has 0 radical (unpaired) electrons. The van der Waals surface area contributed by atoms with E-state index in [2.05, 4.69) is 39.3 Å². The van der Waals surface area contributed by atoms with Gasteiger partial charge in [-0.15, -0.1) is 0 Å². The zero-order chi connectivity index (χ0) is 21.3. The average molecular weight is 419 g/mol. The molecule has 4 aromatic rings. The molecule has 0 aliphatic rings. The third-order valence-electron chi connectivity index (χ3n) is 5.01. The van der Waals surface area contributed by atoms with Crippen molar-refractivity contribution in [1.29, 1.82) is 0 Å². The highest BCUT2D eigenvalue weighted by Gasteiger charge is 2.19. The summed E-state index contributed by atoms with van der Waals surface area (Å²) in [7, 11) is 0. The highest BCUT2D eigenvalue weighted by atomic mass is 35.5. The predicted molar refractivity (Wildman–Crippen MR) is 122 cm³/mol. The van der Waals surface area contributed by atoms with Gasteiger partial charge in [-0.25, -0.2) is 9.97 Å². The fourth-order valence-electron chi connectivity index (χ4n) is 3.33. The largest absolute Gasteiger partial charge is 0.382 e. The summed E-state index contributed by atoms with van der Waals surface area (Å²) in [6, 6.07) is 16.3. The smallest absolute Gasteiger partial charge is 0.159 e. The zero-order valence-corrected chi connectivity index (χ0v) is 17.9. The summed E-state index contributed by atoms with van der Waals surface area (Å²) in [5, 5.41) is 15.1. The van der Waals surface area contributed by atoms with Gasteiger partial charge in [-0.1, -0.05) is 48.0 Å². The molecule has 6 heteroatoms. The lowest BCUT2D eigenvalue weighted by Crippen LogP contribution is -2.19. The maximum atomic E-state index is 10.1. The Morgan fingerprint density at radius 3 is 2.30 bits per heavy atom. The van der Waals surface area contributed by atoms with Crippen LogP contribution in [0.15, 0.2) is 67.1 Å². The molecule has 2 N–H and O–H groups in total. The quantitative estimate of drug-likeness (QED) is 0.432. The number of fused-ring (bicyclic) bond motifs is 1. The van der Waals surface area contributed by atoms with Crippen LogP contribution in [0.2, 0.25) is 5.02 Å². The van der Waals surface area contributed by atoms with Crippen LogP contribution in [0.3, 0.4) is 0 Å². The third kappa shape index (κ3) is 4.13. The van der Waals surface area contributed by atoms with Crippen LogP contribution < -0.4 is 5.32 Å². The Hall–Kier alpha value is -3.02. The normalized spacial score (nSPS) is 12.7. The number of aromatic nitrogens is 3. The minimum absolute atomic E-state index is 0.0763. The van der Waals surface area contributed by atoms with Crippen LogP contribution >= 0.6 is 11.6 Å². The second kappa shape index (κ2) is 8.01. The Labute approximate surface area is 180 Å². The molecular weight excluding hydrogens is 396 g/mol. The molecule has 0 aliphatic carbocycles. The minimum atomic E-state index is -1.08. The van der Waals surface area contributed by atoms with Gasteiger partial charge >= 0.3 is 0 Å². The maximum Gasteiger partial charge on any atom is 0.159 e. The van der Waals surface area contributed by atoms with Crippen molar-refractivity contribution in [2.75, 3.05) is 5.32 Å². The SMILES string of the molecule is C[C@@H](Nc1c(Cl)cnc2ccc(-c3cnc(C(C)(C)O)nc3)cc12)c1ccccc1. The first kappa shape index (κ1) is 20.3. The van der Waals surface area contributed by atoms with Crippen LogP contribution in [0.25, 0.3) is 22.0 Å². The molecule has 1 atom stereocenters. The zero-order valence-electron chi connectivity index (χ0n) is 17.1. The van der Waals surface area contributed by atoms with Gasteiger partial charge in [0.25, 0.3) is 0 Å². The van der Waals surface area contributed by atoms with E-state index in [0.717, 1.165) is 27.7 Å². The third-order valence-corrected chi connectivity index (χ3v) is 5.30. The monoisotopic (exact) mass is 418 g/mol. The Kier molecular flexibility index (Phi) is 5.41. The molecule has 152 valence electrons. The van der Waals surface area contributed by atoms with E-state index in [-0.39, 0.29) is 6.04 Å². The molecule has 2 aromatic carbocycles. The molecule has 2 heterocycles. The summed E-state index contributed by atoms with van der Waals surface area (Å²) < 4.78 is 0. The Morgan fingerprint density at radius 2 is 1.63 bits per heavy atom. The second-order valence-corrected chi connectivity index (χ2v) is 8.25. The number of nitrogens with zero attached hydrogens (tertiary/aromatic N) is 3. The number of benzene rings is 2. The number of hydrogen-bond acceptors (Lipinski definition) is 5. The van der Waals surface area contributed by atoms with Crippen LogP contribution in [0, 0.1) is 0 Å². The van der Waals surface area contributed by atoms with E-state index >= 15 is 0 Å². The summed E-state index contributed by atoms with van der Waals surface area (Å²) in [6.07, 6.45) is 5.11. The number of rotatable bonds is 5. The number of anilines is 1. The van der Waals surface area contributed by atoms with Gasteiger partial charge in [0.15, 0.2) is 5.82 Å². The van der Waals surface area contributed by atoms with Gasteiger partial charge in [0, 0.05) is 35.6 Å². The summed E-state index contributed by atoms with van der Waals surface area (Å²) in [6.45, 7) is 5.43. The minimum Gasteiger partial charge on any atom is -0.382 e. The van der Waals surface area contributed by atoms with Crippen molar-refractivity contribution in [3.05, 3.63) is 83.5 Å². The van der Waals surface area contributed by atoms with E-state index in [4.69, 9.17) is 11.6 Å². The van der Waals surface area contributed by atoms with Crippen molar-refractivity contribution in [2.24, 2.45) is 0 Å². The fraction of sp³-hybridized carbons (Fsp3) is 0.208.